The first kappa shape index (κ1) is 25.4. The van der Waals surface area contributed by atoms with E-state index in [2.05, 4.69) is 15.3 Å². The maximum absolute atomic E-state index is 11.8. The van der Waals surface area contributed by atoms with Crippen molar-refractivity contribution in [2.24, 2.45) is 0 Å². The second-order valence-corrected chi connectivity index (χ2v) is 9.25. The van der Waals surface area contributed by atoms with Crippen LogP contribution in [0.1, 0.15) is 24.4 Å². The fraction of sp³-hybridized carbons (Fsp3) is 0.192. The first-order chi connectivity index (χ1) is 17.0. The van der Waals surface area contributed by atoms with Gasteiger partial charge in [-0.2, -0.15) is 0 Å². The number of halogens is 1. The number of aromatic amines is 1. The summed E-state index contributed by atoms with van der Waals surface area (Å²) >= 11 is 1.03. The van der Waals surface area contributed by atoms with Gasteiger partial charge in [0.15, 0.2) is 6.10 Å². The number of imide groups is 1. The molecule has 10 heteroatoms. The number of imidazole rings is 1. The molecule has 2 heterocycles. The number of nitrogens with zero attached hydrogens (tertiary/aromatic N) is 1. The van der Waals surface area contributed by atoms with Gasteiger partial charge in [0.1, 0.15) is 28.8 Å². The quantitative estimate of drug-likeness (QED) is 0.299. The fourth-order valence-electron chi connectivity index (χ4n) is 3.75. The Kier molecular flexibility index (Phi) is 7.71. The van der Waals surface area contributed by atoms with Gasteiger partial charge < -0.3 is 19.2 Å². The topological polar surface area (TPSA) is 103 Å². The number of amides is 2. The number of fused-ring (bicyclic) bond motifs is 1. The monoisotopic (exact) mass is 525 g/mol. The molecule has 0 saturated carbocycles. The molecule has 186 valence electrons. The number of rotatable bonds is 8. The van der Waals surface area contributed by atoms with E-state index >= 15 is 0 Å². The number of hydrogen-bond donors (Lipinski definition) is 2. The second-order valence-electron chi connectivity index (χ2n) is 8.07. The summed E-state index contributed by atoms with van der Waals surface area (Å²) in [6, 6.07) is 20.6. The molecule has 2 N–H and O–H groups in total. The zero-order chi connectivity index (χ0) is 24.4. The Balaban J connectivity index is 0.00000304. The summed E-state index contributed by atoms with van der Waals surface area (Å²) in [7, 11) is 1.63. The molecule has 1 fully saturated rings. The normalized spacial score (nSPS) is 15.8. The first-order valence-corrected chi connectivity index (χ1v) is 11.9. The first-order valence-electron chi connectivity index (χ1n) is 11.1. The average Bonchev–Trinajstić information content (AvgIpc) is 3.42. The van der Waals surface area contributed by atoms with Gasteiger partial charge in [0.25, 0.3) is 5.24 Å². The van der Waals surface area contributed by atoms with Crippen LogP contribution in [0.2, 0.25) is 0 Å². The van der Waals surface area contributed by atoms with E-state index in [-0.39, 0.29) is 34.9 Å². The Hall–Kier alpha value is -3.69. The van der Waals surface area contributed by atoms with E-state index in [0.29, 0.717) is 29.5 Å². The van der Waals surface area contributed by atoms with E-state index in [9.17, 15) is 9.59 Å². The molecular formula is C26H24ClN3O5S. The Labute approximate surface area is 218 Å². The van der Waals surface area contributed by atoms with Gasteiger partial charge in [-0.15, -0.1) is 12.4 Å². The van der Waals surface area contributed by atoms with Crippen molar-refractivity contribution in [2.75, 3.05) is 7.11 Å². The van der Waals surface area contributed by atoms with E-state index in [1.54, 1.807) is 7.11 Å². The summed E-state index contributed by atoms with van der Waals surface area (Å²) in [5.41, 5.74) is 2.62. The summed E-state index contributed by atoms with van der Waals surface area (Å²) in [5, 5.41) is 1.63. The molecular weight excluding hydrogens is 502 g/mol. The van der Waals surface area contributed by atoms with Gasteiger partial charge in [-0.25, -0.2) is 4.98 Å². The van der Waals surface area contributed by atoms with Crippen molar-refractivity contribution in [1.29, 1.82) is 0 Å². The molecule has 1 aromatic heterocycles. The van der Waals surface area contributed by atoms with Crippen molar-refractivity contribution in [3.63, 3.8) is 0 Å². The lowest BCUT2D eigenvalue weighted by Crippen LogP contribution is -2.25. The van der Waals surface area contributed by atoms with Crippen LogP contribution in [-0.2, 0) is 11.2 Å². The van der Waals surface area contributed by atoms with Crippen molar-refractivity contribution < 1.29 is 23.8 Å². The molecule has 1 saturated heterocycles. The predicted molar refractivity (Wildman–Crippen MR) is 141 cm³/mol. The van der Waals surface area contributed by atoms with Crippen LogP contribution in [0.5, 0.6) is 23.0 Å². The molecule has 2 unspecified atom stereocenters. The zero-order valence-corrected chi connectivity index (χ0v) is 21.2. The number of hydrogen-bond acceptors (Lipinski definition) is 7. The minimum atomic E-state index is -0.387. The van der Waals surface area contributed by atoms with Gasteiger partial charge in [-0.1, -0.05) is 23.9 Å². The van der Waals surface area contributed by atoms with Crippen LogP contribution >= 0.6 is 24.2 Å². The minimum absolute atomic E-state index is 0. The molecule has 8 nitrogen and oxygen atoms in total. The largest absolute Gasteiger partial charge is 0.497 e. The maximum Gasteiger partial charge on any atom is 0.286 e. The molecule has 5 rings (SSSR count). The van der Waals surface area contributed by atoms with Gasteiger partial charge in [-0.3, -0.25) is 14.9 Å². The molecule has 2 atom stereocenters. The molecule has 0 spiro atoms. The van der Waals surface area contributed by atoms with Crippen molar-refractivity contribution in [3.8, 4) is 23.0 Å². The average molecular weight is 526 g/mol. The lowest BCUT2D eigenvalue weighted by Gasteiger charge is -2.13. The predicted octanol–water partition coefficient (Wildman–Crippen LogP) is 5.82. The summed E-state index contributed by atoms with van der Waals surface area (Å²) in [6.45, 7) is 1.92. The zero-order valence-electron chi connectivity index (χ0n) is 19.5. The summed E-state index contributed by atoms with van der Waals surface area (Å²) < 4.78 is 17.2. The van der Waals surface area contributed by atoms with E-state index in [0.717, 1.165) is 34.1 Å². The summed E-state index contributed by atoms with van der Waals surface area (Å²) in [5.74, 6) is 3.32. The van der Waals surface area contributed by atoms with Gasteiger partial charge >= 0.3 is 0 Å². The highest BCUT2D eigenvalue weighted by Gasteiger charge is 2.31. The van der Waals surface area contributed by atoms with Crippen molar-refractivity contribution in [3.05, 3.63) is 78.1 Å². The molecule has 0 radical (unpaired) electrons. The Bertz CT molecular complexity index is 1370. The molecule has 4 aromatic rings. The van der Waals surface area contributed by atoms with Crippen LogP contribution in [0.15, 0.2) is 66.7 Å². The molecule has 1 aliphatic heterocycles. The van der Waals surface area contributed by atoms with E-state index in [1.165, 1.54) is 0 Å². The Morgan fingerprint density at radius 1 is 0.944 bits per heavy atom. The number of carbonyl (C=O) groups is 2. The molecule has 0 bridgehead atoms. The minimum Gasteiger partial charge on any atom is -0.497 e. The van der Waals surface area contributed by atoms with Crippen LogP contribution in [-0.4, -0.2) is 33.5 Å². The molecule has 0 aliphatic carbocycles. The van der Waals surface area contributed by atoms with Gasteiger partial charge in [0.2, 0.25) is 5.91 Å². The van der Waals surface area contributed by atoms with Crippen LogP contribution in [0.3, 0.4) is 0 Å². The number of thioether (sulfide) groups is 1. The third-order valence-electron chi connectivity index (χ3n) is 5.58. The Morgan fingerprint density at radius 2 is 1.61 bits per heavy atom. The van der Waals surface area contributed by atoms with Crippen LogP contribution < -0.4 is 19.5 Å². The lowest BCUT2D eigenvalue weighted by molar-refractivity contribution is -0.118. The number of carbonyl (C=O) groups excluding carboxylic acids is 2. The van der Waals surface area contributed by atoms with Crippen molar-refractivity contribution >= 4 is 46.3 Å². The van der Waals surface area contributed by atoms with E-state index in [1.807, 2.05) is 73.7 Å². The van der Waals surface area contributed by atoms with Gasteiger partial charge in [0.05, 0.1) is 23.4 Å². The van der Waals surface area contributed by atoms with Crippen molar-refractivity contribution in [1.82, 2.24) is 15.3 Å². The highest BCUT2D eigenvalue weighted by Crippen LogP contribution is 2.29. The number of ether oxygens (including phenoxy) is 3. The smallest absolute Gasteiger partial charge is 0.286 e. The fourth-order valence-corrected chi connectivity index (χ4v) is 4.61. The Morgan fingerprint density at radius 3 is 2.28 bits per heavy atom. The molecule has 36 heavy (non-hydrogen) atoms. The molecule has 2 amide bonds. The number of benzene rings is 3. The van der Waals surface area contributed by atoms with Crippen molar-refractivity contribution in [2.45, 2.75) is 24.7 Å². The third-order valence-corrected chi connectivity index (χ3v) is 6.56. The third kappa shape index (κ3) is 5.75. The lowest BCUT2D eigenvalue weighted by atomic mass is 10.1. The van der Waals surface area contributed by atoms with Crippen LogP contribution in [0, 0.1) is 0 Å². The van der Waals surface area contributed by atoms with Crippen LogP contribution in [0.4, 0.5) is 4.79 Å². The SMILES string of the molecule is COc1ccc(Oc2ccc3nc(C(C)Oc4ccc(CC5SC(=O)NC5=O)cc4)[nH]c3c2)cc1.Cl. The summed E-state index contributed by atoms with van der Waals surface area (Å²) in [6.07, 6.45) is 0.177. The summed E-state index contributed by atoms with van der Waals surface area (Å²) in [4.78, 5) is 31.1. The van der Waals surface area contributed by atoms with Crippen LogP contribution in [0.25, 0.3) is 11.0 Å². The van der Waals surface area contributed by atoms with E-state index < -0.39 is 0 Å². The molecule has 1 aliphatic rings. The highest BCUT2D eigenvalue weighted by molar-refractivity contribution is 8.15. The maximum atomic E-state index is 11.8. The molecule has 3 aromatic carbocycles. The second kappa shape index (κ2) is 10.9. The van der Waals surface area contributed by atoms with E-state index in [4.69, 9.17) is 14.2 Å². The number of nitrogens with one attached hydrogen (secondary N) is 2. The van der Waals surface area contributed by atoms with Gasteiger partial charge in [-0.05, 0) is 67.4 Å². The number of aromatic nitrogens is 2. The highest BCUT2D eigenvalue weighted by atomic mass is 35.5. The number of H-pyrrole nitrogens is 1. The van der Waals surface area contributed by atoms with Gasteiger partial charge in [0, 0.05) is 6.07 Å². The standard InChI is InChI=1S/C26H23N3O5S.ClH/c1-15(33-18-5-3-16(4-6-18)13-23-25(30)29-26(31)35-23)24-27-21-12-11-20(14-22(21)28-24)34-19-9-7-17(32-2)8-10-19;/h3-12,14-15,23H,13H2,1-2H3,(H,27,28)(H,29,30,31);1H. The number of methoxy groups -OCH3 is 1.